The van der Waals surface area contributed by atoms with Gasteiger partial charge in [-0.15, -0.1) is 12.4 Å². The van der Waals surface area contributed by atoms with Crippen LogP contribution in [-0.2, 0) is 0 Å². The Bertz CT molecular complexity index is 951. The molecule has 0 aliphatic heterocycles. The van der Waals surface area contributed by atoms with Gasteiger partial charge in [-0.05, 0) is 29.8 Å². The van der Waals surface area contributed by atoms with Crippen LogP contribution in [0.4, 0.5) is 29.2 Å². The Balaban J connectivity index is 0.00000280. The van der Waals surface area contributed by atoms with E-state index in [1.54, 1.807) is 19.2 Å². The van der Waals surface area contributed by atoms with Crippen molar-refractivity contribution in [2.45, 2.75) is 0 Å². The van der Waals surface area contributed by atoms with Gasteiger partial charge in [-0.1, -0.05) is 18.2 Å². The standard InChI is InChI=1S/C17H16N8O2.ClH/c1-18-15-21-16(20-13-5-3-2-4-6-13)23-17(22-15)24-19-11-12-7-9-14(10-8-12)25(26)27;/h2-11H,1H3,(H3,18,20,21,22,23,24);1H/b19-11+;. The Labute approximate surface area is 166 Å². The van der Waals surface area contributed by atoms with Gasteiger partial charge < -0.3 is 10.6 Å². The summed E-state index contributed by atoms with van der Waals surface area (Å²) in [6.45, 7) is 0. The van der Waals surface area contributed by atoms with Crippen molar-refractivity contribution in [2.75, 3.05) is 23.1 Å². The molecule has 0 saturated heterocycles. The molecule has 0 aliphatic rings. The molecular formula is C17H17ClN8O2. The van der Waals surface area contributed by atoms with Gasteiger partial charge in [0.15, 0.2) is 0 Å². The predicted molar refractivity (Wildman–Crippen MR) is 111 cm³/mol. The Morgan fingerprint density at radius 1 is 0.964 bits per heavy atom. The molecule has 144 valence electrons. The summed E-state index contributed by atoms with van der Waals surface area (Å²) < 4.78 is 0. The van der Waals surface area contributed by atoms with E-state index < -0.39 is 4.92 Å². The van der Waals surface area contributed by atoms with E-state index in [2.05, 4.69) is 36.1 Å². The van der Waals surface area contributed by atoms with Crippen molar-refractivity contribution in [1.82, 2.24) is 15.0 Å². The summed E-state index contributed by atoms with van der Waals surface area (Å²) in [5, 5.41) is 20.7. The SMILES string of the molecule is CNc1nc(N/N=C/c2ccc([N+](=O)[O-])cc2)nc(Nc2ccccc2)n1.Cl. The Morgan fingerprint density at radius 2 is 1.61 bits per heavy atom. The number of para-hydroxylation sites is 1. The number of anilines is 4. The highest BCUT2D eigenvalue weighted by Crippen LogP contribution is 2.15. The van der Waals surface area contributed by atoms with E-state index in [1.165, 1.54) is 18.3 Å². The van der Waals surface area contributed by atoms with Gasteiger partial charge in [0, 0.05) is 24.9 Å². The summed E-state index contributed by atoms with van der Waals surface area (Å²) in [5.41, 5.74) is 4.28. The fourth-order valence-electron chi connectivity index (χ4n) is 2.09. The van der Waals surface area contributed by atoms with Crippen LogP contribution >= 0.6 is 12.4 Å². The number of nitrogens with one attached hydrogen (secondary N) is 3. The summed E-state index contributed by atoms with van der Waals surface area (Å²) >= 11 is 0. The van der Waals surface area contributed by atoms with Crippen molar-refractivity contribution in [3.63, 3.8) is 0 Å². The van der Waals surface area contributed by atoms with Crippen LogP contribution in [0.3, 0.4) is 0 Å². The zero-order valence-corrected chi connectivity index (χ0v) is 15.6. The normalized spacial score (nSPS) is 10.2. The molecule has 0 atom stereocenters. The van der Waals surface area contributed by atoms with E-state index in [-0.39, 0.29) is 24.0 Å². The van der Waals surface area contributed by atoms with Crippen LogP contribution in [0.15, 0.2) is 59.7 Å². The smallest absolute Gasteiger partial charge is 0.269 e. The van der Waals surface area contributed by atoms with Crippen LogP contribution in [0, 0.1) is 10.1 Å². The second kappa shape index (κ2) is 9.78. The van der Waals surface area contributed by atoms with Crippen molar-refractivity contribution in [3.05, 3.63) is 70.3 Å². The number of hydrogen-bond acceptors (Lipinski definition) is 9. The van der Waals surface area contributed by atoms with Gasteiger partial charge in [0.2, 0.25) is 17.8 Å². The molecule has 3 N–H and O–H groups in total. The zero-order valence-electron chi connectivity index (χ0n) is 14.7. The molecule has 0 saturated carbocycles. The van der Waals surface area contributed by atoms with Gasteiger partial charge in [-0.2, -0.15) is 20.1 Å². The van der Waals surface area contributed by atoms with Crippen molar-refractivity contribution >= 4 is 47.8 Å². The first kappa shape index (κ1) is 20.5. The molecule has 0 bridgehead atoms. The van der Waals surface area contributed by atoms with Gasteiger partial charge in [0.25, 0.3) is 5.69 Å². The molecule has 0 fully saturated rings. The molecule has 11 heteroatoms. The average molecular weight is 401 g/mol. The van der Waals surface area contributed by atoms with Crippen LogP contribution in [0.2, 0.25) is 0 Å². The summed E-state index contributed by atoms with van der Waals surface area (Å²) in [6.07, 6.45) is 1.51. The number of aromatic nitrogens is 3. The first-order valence-electron chi connectivity index (χ1n) is 7.93. The topological polar surface area (TPSA) is 130 Å². The molecule has 0 aliphatic carbocycles. The van der Waals surface area contributed by atoms with E-state index >= 15 is 0 Å². The molecule has 0 radical (unpaired) electrons. The van der Waals surface area contributed by atoms with E-state index in [0.29, 0.717) is 17.5 Å². The van der Waals surface area contributed by atoms with Crippen LogP contribution < -0.4 is 16.1 Å². The Kier molecular flexibility index (Phi) is 7.17. The molecular weight excluding hydrogens is 384 g/mol. The molecule has 0 unspecified atom stereocenters. The van der Waals surface area contributed by atoms with Crippen molar-refractivity contribution in [3.8, 4) is 0 Å². The van der Waals surface area contributed by atoms with E-state index in [9.17, 15) is 10.1 Å². The minimum absolute atomic E-state index is 0. The van der Waals surface area contributed by atoms with Crippen LogP contribution in [0.5, 0.6) is 0 Å². The Hall–Kier alpha value is -3.79. The monoisotopic (exact) mass is 400 g/mol. The third-order valence-electron chi connectivity index (χ3n) is 3.37. The van der Waals surface area contributed by atoms with Gasteiger partial charge in [0.05, 0.1) is 11.1 Å². The van der Waals surface area contributed by atoms with Crippen molar-refractivity contribution in [1.29, 1.82) is 0 Å². The van der Waals surface area contributed by atoms with Crippen LogP contribution in [0.1, 0.15) is 5.56 Å². The number of nitro benzene ring substituents is 1. The minimum Gasteiger partial charge on any atom is -0.357 e. The van der Waals surface area contributed by atoms with Gasteiger partial charge in [0.1, 0.15) is 0 Å². The van der Waals surface area contributed by atoms with E-state index in [4.69, 9.17) is 0 Å². The van der Waals surface area contributed by atoms with Crippen LogP contribution in [0.25, 0.3) is 0 Å². The number of nitro groups is 1. The number of non-ortho nitro benzene ring substituents is 1. The molecule has 0 spiro atoms. The first-order chi connectivity index (χ1) is 13.1. The minimum atomic E-state index is -0.454. The summed E-state index contributed by atoms with van der Waals surface area (Å²) in [6, 6.07) is 15.5. The lowest BCUT2D eigenvalue weighted by molar-refractivity contribution is -0.384. The van der Waals surface area contributed by atoms with Crippen molar-refractivity contribution < 1.29 is 4.92 Å². The first-order valence-corrected chi connectivity index (χ1v) is 7.93. The van der Waals surface area contributed by atoms with Gasteiger partial charge in [-0.3, -0.25) is 10.1 Å². The fourth-order valence-corrected chi connectivity index (χ4v) is 2.09. The maximum atomic E-state index is 10.7. The molecule has 3 aromatic rings. The molecule has 2 aromatic carbocycles. The lowest BCUT2D eigenvalue weighted by Crippen LogP contribution is -2.07. The quantitative estimate of drug-likeness (QED) is 0.312. The fraction of sp³-hybridized carbons (Fsp3) is 0.0588. The number of nitrogens with zero attached hydrogens (tertiary/aromatic N) is 5. The summed E-state index contributed by atoms with van der Waals surface area (Å²) in [4.78, 5) is 22.9. The molecule has 0 amide bonds. The second-order valence-electron chi connectivity index (χ2n) is 5.27. The lowest BCUT2D eigenvalue weighted by Gasteiger charge is -2.08. The molecule has 10 nitrogen and oxygen atoms in total. The number of hydrogen-bond donors (Lipinski definition) is 3. The van der Waals surface area contributed by atoms with Crippen molar-refractivity contribution in [2.24, 2.45) is 5.10 Å². The van der Waals surface area contributed by atoms with Gasteiger partial charge in [-0.25, -0.2) is 5.43 Å². The average Bonchev–Trinajstić information content (AvgIpc) is 2.69. The third kappa shape index (κ3) is 5.61. The van der Waals surface area contributed by atoms with E-state index in [0.717, 1.165) is 5.69 Å². The van der Waals surface area contributed by atoms with E-state index in [1.807, 2.05) is 30.3 Å². The number of halogens is 1. The third-order valence-corrected chi connectivity index (χ3v) is 3.37. The maximum absolute atomic E-state index is 10.7. The number of hydrazone groups is 1. The maximum Gasteiger partial charge on any atom is 0.269 e. The number of benzene rings is 2. The largest absolute Gasteiger partial charge is 0.357 e. The lowest BCUT2D eigenvalue weighted by atomic mass is 10.2. The second-order valence-corrected chi connectivity index (χ2v) is 5.27. The molecule has 3 rings (SSSR count). The molecule has 28 heavy (non-hydrogen) atoms. The van der Waals surface area contributed by atoms with Crippen LogP contribution in [-0.4, -0.2) is 33.1 Å². The van der Waals surface area contributed by atoms with Gasteiger partial charge >= 0.3 is 0 Å². The molecule has 1 heterocycles. The number of rotatable bonds is 7. The Morgan fingerprint density at radius 3 is 2.25 bits per heavy atom. The zero-order chi connectivity index (χ0) is 19.1. The molecule has 1 aromatic heterocycles. The highest BCUT2D eigenvalue weighted by Gasteiger charge is 2.06. The highest BCUT2D eigenvalue weighted by atomic mass is 35.5. The summed E-state index contributed by atoms with van der Waals surface area (Å²) in [7, 11) is 1.70. The predicted octanol–water partition coefficient (Wildman–Crippen LogP) is 3.43. The highest BCUT2D eigenvalue weighted by molar-refractivity contribution is 5.85. The summed E-state index contributed by atoms with van der Waals surface area (Å²) in [5.74, 6) is 0.969.